The van der Waals surface area contributed by atoms with E-state index in [1.807, 2.05) is 27.7 Å². The van der Waals surface area contributed by atoms with Crippen LogP contribution in [0.2, 0.25) is 0 Å². The number of carboxylic acid groups (broad SMARTS) is 1. The van der Waals surface area contributed by atoms with Gasteiger partial charge in [-0.25, -0.2) is 4.79 Å². The van der Waals surface area contributed by atoms with Crippen LogP contribution in [0.1, 0.15) is 67.2 Å². The van der Waals surface area contributed by atoms with E-state index in [1.165, 1.54) is 4.90 Å². The minimum absolute atomic E-state index is 0.170. The number of aliphatic carboxylic acids is 1. The smallest absolute Gasteiger partial charge is 0.326 e. The van der Waals surface area contributed by atoms with Crippen LogP contribution in [0, 0.1) is 17.8 Å². The van der Waals surface area contributed by atoms with Gasteiger partial charge in [0.05, 0.1) is 6.04 Å². The van der Waals surface area contributed by atoms with Crippen molar-refractivity contribution in [3.8, 4) is 0 Å². The summed E-state index contributed by atoms with van der Waals surface area (Å²) in [5, 5.41) is 14.9. The number of nitrogens with two attached hydrogens (primary N) is 1. The number of nitrogens with zero attached hydrogens (tertiary/aromatic N) is 1. The van der Waals surface area contributed by atoms with Crippen LogP contribution in [0.5, 0.6) is 0 Å². The Morgan fingerprint density at radius 2 is 1.61 bits per heavy atom. The molecule has 5 unspecified atom stereocenters. The van der Waals surface area contributed by atoms with Gasteiger partial charge in [0.2, 0.25) is 17.7 Å². The summed E-state index contributed by atoms with van der Waals surface area (Å²) in [5.41, 5.74) is 5.97. The van der Waals surface area contributed by atoms with Crippen LogP contribution in [-0.2, 0) is 19.2 Å². The first kappa shape index (κ1) is 26.9. The number of nitrogens with one attached hydrogen (secondary N) is 2. The highest BCUT2D eigenvalue weighted by molar-refractivity contribution is 5.94. The highest BCUT2D eigenvalue weighted by Crippen LogP contribution is 2.21. The van der Waals surface area contributed by atoms with Crippen molar-refractivity contribution in [3.63, 3.8) is 0 Å². The van der Waals surface area contributed by atoms with Crippen LogP contribution in [-0.4, -0.2) is 64.4 Å². The van der Waals surface area contributed by atoms with Gasteiger partial charge in [-0.2, -0.15) is 0 Å². The fourth-order valence-electron chi connectivity index (χ4n) is 3.80. The van der Waals surface area contributed by atoms with Gasteiger partial charge in [-0.3, -0.25) is 14.4 Å². The lowest BCUT2D eigenvalue weighted by atomic mass is 9.95. The number of amides is 3. The van der Waals surface area contributed by atoms with E-state index in [-0.39, 0.29) is 17.8 Å². The maximum absolute atomic E-state index is 13.1. The second-order valence-electron chi connectivity index (χ2n) is 9.37. The molecule has 0 bridgehead atoms. The molecule has 31 heavy (non-hydrogen) atoms. The first-order chi connectivity index (χ1) is 14.4. The zero-order valence-electron chi connectivity index (χ0n) is 19.7. The third-order valence-electron chi connectivity index (χ3n) is 5.91. The van der Waals surface area contributed by atoms with E-state index in [2.05, 4.69) is 10.6 Å². The van der Waals surface area contributed by atoms with Gasteiger partial charge in [0.15, 0.2) is 0 Å². The van der Waals surface area contributed by atoms with Gasteiger partial charge in [-0.1, -0.05) is 48.0 Å². The molecule has 0 saturated carbocycles. The van der Waals surface area contributed by atoms with Crippen LogP contribution in [0.15, 0.2) is 0 Å². The zero-order valence-corrected chi connectivity index (χ0v) is 19.7. The third kappa shape index (κ3) is 7.48. The molecule has 3 amide bonds. The maximum Gasteiger partial charge on any atom is 0.326 e. The molecule has 0 aliphatic carbocycles. The third-order valence-corrected chi connectivity index (χ3v) is 5.91. The summed E-state index contributed by atoms with van der Waals surface area (Å²) in [4.78, 5) is 51.6. The molecule has 5 atom stereocenters. The molecule has 1 fully saturated rings. The monoisotopic (exact) mass is 440 g/mol. The van der Waals surface area contributed by atoms with Crippen LogP contribution in [0.3, 0.4) is 0 Å². The van der Waals surface area contributed by atoms with E-state index in [1.54, 1.807) is 13.8 Å². The number of hydrogen-bond donors (Lipinski definition) is 4. The molecule has 9 heteroatoms. The number of hydrogen-bond acceptors (Lipinski definition) is 5. The average Bonchev–Trinajstić information content (AvgIpc) is 3.18. The zero-order chi connectivity index (χ0) is 23.9. The lowest BCUT2D eigenvalue weighted by Gasteiger charge is -2.32. The summed E-state index contributed by atoms with van der Waals surface area (Å²) >= 11 is 0. The Kier molecular flexibility index (Phi) is 10.4. The lowest BCUT2D eigenvalue weighted by molar-refractivity contribution is -0.150. The maximum atomic E-state index is 13.1. The van der Waals surface area contributed by atoms with Crippen molar-refractivity contribution in [2.45, 2.75) is 91.4 Å². The SMILES string of the molecule is CCC(C)C(NC(=O)C(N)CC(C)C)C(=O)NC(C(=O)N1CCCC1C(=O)O)C(C)C. The van der Waals surface area contributed by atoms with E-state index < -0.39 is 47.9 Å². The summed E-state index contributed by atoms with van der Waals surface area (Å²) in [7, 11) is 0. The predicted octanol–water partition coefficient (Wildman–Crippen LogP) is 1.11. The van der Waals surface area contributed by atoms with E-state index in [9.17, 15) is 24.3 Å². The summed E-state index contributed by atoms with van der Waals surface area (Å²) < 4.78 is 0. The van der Waals surface area contributed by atoms with Crippen molar-refractivity contribution >= 4 is 23.7 Å². The van der Waals surface area contributed by atoms with E-state index in [0.717, 1.165) is 0 Å². The van der Waals surface area contributed by atoms with Gasteiger partial charge < -0.3 is 26.4 Å². The highest BCUT2D eigenvalue weighted by atomic mass is 16.4. The first-order valence-corrected chi connectivity index (χ1v) is 11.3. The Hall–Kier alpha value is -2.16. The molecule has 1 aliphatic heterocycles. The topological polar surface area (TPSA) is 142 Å². The Morgan fingerprint density at radius 3 is 2.10 bits per heavy atom. The highest BCUT2D eigenvalue weighted by Gasteiger charge is 2.39. The van der Waals surface area contributed by atoms with Gasteiger partial charge in [0.1, 0.15) is 18.1 Å². The Balaban J connectivity index is 2.98. The largest absolute Gasteiger partial charge is 0.480 e. The molecular weight excluding hydrogens is 400 g/mol. The summed E-state index contributed by atoms with van der Waals surface area (Å²) in [6.07, 6.45) is 2.16. The van der Waals surface area contributed by atoms with Crippen molar-refractivity contribution in [1.29, 1.82) is 0 Å². The number of carboxylic acids is 1. The van der Waals surface area contributed by atoms with E-state index in [4.69, 9.17) is 5.73 Å². The van der Waals surface area contributed by atoms with Crippen LogP contribution >= 0.6 is 0 Å². The van der Waals surface area contributed by atoms with Crippen LogP contribution < -0.4 is 16.4 Å². The van der Waals surface area contributed by atoms with Gasteiger partial charge in [-0.15, -0.1) is 0 Å². The lowest BCUT2D eigenvalue weighted by Crippen LogP contribution is -2.59. The molecule has 178 valence electrons. The minimum atomic E-state index is -1.04. The Bertz CT molecular complexity index is 652. The predicted molar refractivity (Wildman–Crippen MR) is 118 cm³/mol. The van der Waals surface area contributed by atoms with Crippen molar-refractivity contribution < 1.29 is 24.3 Å². The van der Waals surface area contributed by atoms with Gasteiger partial charge in [-0.05, 0) is 37.0 Å². The first-order valence-electron chi connectivity index (χ1n) is 11.3. The molecule has 1 heterocycles. The quantitative estimate of drug-likeness (QED) is 0.379. The second kappa shape index (κ2) is 12.0. The van der Waals surface area contributed by atoms with Crippen molar-refractivity contribution in [2.24, 2.45) is 23.5 Å². The second-order valence-corrected chi connectivity index (χ2v) is 9.37. The summed E-state index contributed by atoms with van der Waals surface area (Å²) in [5.74, 6) is -2.48. The molecule has 0 radical (unpaired) electrons. The van der Waals surface area contributed by atoms with Gasteiger partial charge in [0, 0.05) is 6.54 Å². The molecule has 9 nitrogen and oxygen atoms in total. The van der Waals surface area contributed by atoms with Crippen LogP contribution in [0.25, 0.3) is 0 Å². The molecule has 5 N–H and O–H groups in total. The molecule has 0 aromatic carbocycles. The summed E-state index contributed by atoms with van der Waals surface area (Å²) in [6.45, 7) is 11.6. The molecule has 0 spiro atoms. The van der Waals surface area contributed by atoms with Crippen LogP contribution in [0.4, 0.5) is 0 Å². The molecular formula is C22H40N4O5. The molecule has 0 aromatic heterocycles. The molecule has 0 aromatic rings. The standard InChI is InChI=1S/C22H40N4O5/c1-7-14(6)18(25-19(27)15(23)11-12(2)3)20(28)24-17(13(4)5)21(29)26-10-8-9-16(26)22(30)31/h12-18H,7-11,23H2,1-6H3,(H,24,28)(H,25,27)(H,30,31). The van der Waals surface area contributed by atoms with Gasteiger partial charge in [0.25, 0.3) is 0 Å². The normalized spacial score (nSPS) is 20.3. The Labute approximate surface area is 185 Å². The number of carbonyl (C=O) groups is 4. The van der Waals surface area contributed by atoms with Gasteiger partial charge >= 0.3 is 5.97 Å². The number of likely N-dealkylation sites (tertiary alicyclic amines) is 1. The molecule has 1 aliphatic rings. The van der Waals surface area contributed by atoms with Crippen molar-refractivity contribution in [3.05, 3.63) is 0 Å². The molecule has 1 rings (SSSR count). The minimum Gasteiger partial charge on any atom is -0.480 e. The Morgan fingerprint density at radius 1 is 1.03 bits per heavy atom. The fourth-order valence-corrected chi connectivity index (χ4v) is 3.80. The number of carbonyl (C=O) groups excluding carboxylic acids is 3. The van der Waals surface area contributed by atoms with E-state index in [0.29, 0.717) is 32.2 Å². The van der Waals surface area contributed by atoms with E-state index >= 15 is 0 Å². The average molecular weight is 441 g/mol. The van der Waals surface area contributed by atoms with Crippen molar-refractivity contribution in [1.82, 2.24) is 15.5 Å². The summed E-state index contributed by atoms with van der Waals surface area (Å²) in [6, 6.07) is -3.30. The van der Waals surface area contributed by atoms with Crippen molar-refractivity contribution in [2.75, 3.05) is 6.54 Å². The fraction of sp³-hybridized carbons (Fsp3) is 0.818. The number of rotatable bonds is 11. The molecule has 1 saturated heterocycles.